The van der Waals surface area contributed by atoms with Crippen LogP contribution in [-0.4, -0.2) is 45.7 Å². The molecule has 0 saturated carbocycles. The Morgan fingerprint density at radius 1 is 1.33 bits per heavy atom. The summed E-state index contributed by atoms with van der Waals surface area (Å²) in [5.41, 5.74) is 4.77. The monoisotopic (exact) mass is 283 g/mol. The molecule has 6 rings (SSSR count). The minimum Gasteiger partial charge on any atom is -0.298 e. The Morgan fingerprint density at radius 2 is 2.24 bits per heavy atom. The molecule has 4 aliphatic rings. The first-order valence-corrected chi connectivity index (χ1v) is 7.52. The zero-order valence-electron chi connectivity index (χ0n) is 11.7. The zero-order chi connectivity index (χ0) is 13.9. The summed E-state index contributed by atoms with van der Waals surface area (Å²) in [4.78, 5) is 13.3. The second-order valence-corrected chi connectivity index (χ2v) is 6.18. The topological polar surface area (TPSA) is 54.2 Å². The molecule has 2 bridgehead atoms. The van der Waals surface area contributed by atoms with E-state index in [1.165, 1.54) is 25.9 Å². The lowest BCUT2D eigenvalue weighted by molar-refractivity contribution is -0.155. The molecule has 0 aromatic carbocycles. The molecule has 2 aromatic rings. The summed E-state index contributed by atoms with van der Waals surface area (Å²) in [6.07, 6.45) is 6.13. The van der Waals surface area contributed by atoms with Gasteiger partial charge in [0.25, 0.3) is 0 Å². The number of hydrogen-bond acceptors (Lipinski definition) is 5. The van der Waals surface area contributed by atoms with Crippen LogP contribution >= 0.6 is 0 Å². The van der Waals surface area contributed by atoms with Gasteiger partial charge >= 0.3 is 0 Å². The lowest BCUT2D eigenvalue weighted by Gasteiger charge is -2.47. The number of aromatic nitrogens is 2. The fourth-order valence-electron chi connectivity index (χ4n) is 3.80. The number of hydrogen-bond donors (Lipinski definition) is 1. The second kappa shape index (κ2) is 4.05. The van der Waals surface area contributed by atoms with Crippen molar-refractivity contribution < 1.29 is 4.84 Å². The van der Waals surface area contributed by atoms with Crippen molar-refractivity contribution in [2.45, 2.75) is 18.6 Å². The second-order valence-electron chi connectivity index (χ2n) is 6.18. The maximum atomic E-state index is 5.95. The van der Waals surface area contributed by atoms with E-state index in [0.717, 1.165) is 23.5 Å². The Kier molecular flexibility index (Phi) is 2.26. The van der Waals surface area contributed by atoms with Gasteiger partial charge in [0.15, 0.2) is 5.84 Å². The maximum Gasteiger partial charge on any atom is 0.202 e. The van der Waals surface area contributed by atoms with Gasteiger partial charge in [0, 0.05) is 23.9 Å². The molecule has 0 radical (unpaired) electrons. The van der Waals surface area contributed by atoms with Crippen LogP contribution in [0.25, 0.3) is 5.52 Å². The van der Waals surface area contributed by atoms with Crippen molar-refractivity contribution in [1.29, 1.82) is 0 Å². The van der Waals surface area contributed by atoms with Gasteiger partial charge in [-0.1, -0.05) is 0 Å². The fraction of sp³-hybridized carbons (Fsp3) is 0.467. The molecule has 1 spiro atoms. The van der Waals surface area contributed by atoms with E-state index >= 15 is 0 Å². The standard InChI is InChI=1S/C15H17N5O/c1-2-13-8-11(9-20(13)16-5-1)14-17-15(21-18-14)10-19-6-3-12(15)4-7-19/h1-2,5,8-9,12H,3-4,6-7,10H2,(H,17,18). The van der Waals surface area contributed by atoms with Crippen LogP contribution in [0.3, 0.4) is 0 Å². The van der Waals surface area contributed by atoms with Gasteiger partial charge in [-0.15, -0.1) is 0 Å². The third-order valence-electron chi connectivity index (χ3n) is 4.95. The van der Waals surface area contributed by atoms with E-state index in [-0.39, 0.29) is 5.72 Å². The molecule has 3 fully saturated rings. The van der Waals surface area contributed by atoms with Crippen LogP contribution in [0, 0.1) is 5.92 Å². The van der Waals surface area contributed by atoms with Crippen molar-refractivity contribution in [3.63, 3.8) is 0 Å². The van der Waals surface area contributed by atoms with Crippen molar-refractivity contribution in [3.8, 4) is 0 Å². The number of nitrogens with one attached hydrogen (secondary N) is 1. The lowest BCUT2D eigenvalue weighted by atomic mass is 9.81. The zero-order valence-corrected chi connectivity index (χ0v) is 11.7. The number of fused-ring (bicyclic) bond motifs is 3. The highest BCUT2D eigenvalue weighted by Crippen LogP contribution is 2.40. The van der Waals surface area contributed by atoms with Crippen molar-refractivity contribution in [3.05, 3.63) is 36.2 Å². The molecule has 0 aliphatic carbocycles. The van der Waals surface area contributed by atoms with Crippen LogP contribution in [0.1, 0.15) is 18.4 Å². The van der Waals surface area contributed by atoms with Crippen molar-refractivity contribution in [1.82, 2.24) is 20.0 Å². The Morgan fingerprint density at radius 3 is 3.00 bits per heavy atom. The van der Waals surface area contributed by atoms with Crippen LogP contribution < -0.4 is 5.48 Å². The smallest absolute Gasteiger partial charge is 0.202 e. The summed E-state index contributed by atoms with van der Waals surface area (Å²) in [7, 11) is 0. The minimum absolute atomic E-state index is 0.382. The molecule has 6 heterocycles. The Balaban J connectivity index is 1.54. The normalized spacial score (nSPS) is 34.4. The Hall–Kier alpha value is -1.92. The third-order valence-corrected chi connectivity index (χ3v) is 4.95. The van der Waals surface area contributed by atoms with Gasteiger partial charge in [-0.2, -0.15) is 5.10 Å². The molecule has 3 saturated heterocycles. The molecule has 1 unspecified atom stereocenters. The van der Waals surface area contributed by atoms with Crippen LogP contribution in [0.2, 0.25) is 0 Å². The van der Waals surface area contributed by atoms with E-state index < -0.39 is 0 Å². The molecule has 0 amide bonds. The van der Waals surface area contributed by atoms with Gasteiger partial charge < -0.3 is 0 Å². The van der Waals surface area contributed by atoms with Gasteiger partial charge in [0.05, 0.1) is 12.1 Å². The summed E-state index contributed by atoms with van der Waals surface area (Å²) in [5, 5.41) is 4.30. The van der Waals surface area contributed by atoms with E-state index in [2.05, 4.69) is 21.5 Å². The Labute approximate surface area is 122 Å². The van der Waals surface area contributed by atoms with Crippen molar-refractivity contribution >= 4 is 11.4 Å². The van der Waals surface area contributed by atoms with E-state index in [9.17, 15) is 0 Å². The highest BCUT2D eigenvalue weighted by Gasteiger charge is 2.51. The summed E-state index contributed by atoms with van der Waals surface area (Å²) in [6, 6.07) is 6.06. The molecular weight excluding hydrogens is 266 g/mol. The number of amidine groups is 1. The molecule has 6 nitrogen and oxygen atoms in total. The first-order chi connectivity index (χ1) is 10.3. The molecule has 1 N–H and O–H groups in total. The maximum absolute atomic E-state index is 5.95. The third kappa shape index (κ3) is 1.66. The number of nitrogens with zero attached hydrogens (tertiary/aromatic N) is 4. The average molecular weight is 283 g/mol. The largest absolute Gasteiger partial charge is 0.298 e. The van der Waals surface area contributed by atoms with Crippen LogP contribution in [-0.2, 0) is 4.84 Å². The fourth-order valence-corrected chi connectivity index (χ4v) is 3.80. The Bertz CT molecular complexity index is 697. The number of rotatable bonds is 1. The summed E-state index contributed by atoms with van der Waals surface area (Å²) < 4.78 is 1.86. The average Bonchev–Trinajstić information content (AvgIpc) is 3.13. The van der Waals surface area contributed by atoms with E-state index in [0.29, 0.717) is 5.92 Å². The number of aliphatic imine (C=N–C) groups is 1. The van der Waals surface area contributed by atoms with Crippen LogP contribution in [0.15, 0.2) is 35.6 Å². The molecular formula is C15H17N5O. The van der Waals surface area contributed by atoms with Crippen LogP contribution in [0.5, 0.6) is 0 Å². The van der Waals surface area contributed by atoms with Gasteiger partial charge in [-0.05, 0) is 44.1 Å². The van der Waals surface area contributed by atoms with Crippen LogP contribution in [0.4, 0.5) is 0 Å². The number of hydroxylamine groups is 1. The van der Waals surface area contributed by atoms with Gasteiger partial charge in [0.1, 0.15) is 0 Å². The van der Waals surface area contributed by atoms with Crippen molar-refractivity contribution in [2.24, 2.45) is 10.9 Å². The van der Waals surface area contributed by atoms with Gasteiger partial charge in [-0.25, -0.2) is 19.8 Å². The first kappa shape index (κ1) is 11.7. The minimum atomic E-state index is -0.382. The number of piperidine rings is 3. The van der Waals surface area contributed by atoms with Crippen molar-refractivity contribution in [2.75, 3.05) is 19.6 Å². The van der Waals surface area contributed by atoms with Gasteiger partial charge in [0.2, 0.25) is 5.72 Å². The predicted octanol–water partition coefficient (Wildman–Crippen LogP) is 1.04. The SMILES string of the molecule is c1cnn2cc(C3=NC4(CN5CCC4CC5)ON3)cc2c1. The first-order valence-electron chi connectivity index (χ1n) is 7.52. The predicted molar refractivity (Wildman–Crippen MR) is 77.8 cm³/mol. The molecule has 1 atom stereocenters. The highest BCUT2D eigenvalue weighted by molar-refractivity contribution is 6.00. The van der Waals surface area contributed by atoms with E-state index in [1.54, 1.807) is 6.20 Å². The van der Waals surface area contributed by atoms with E-state index in [1.807, 2.05) is 22.8 Å². The molecule has 2 aromatic heterocycles. The summed E-state index contributed by atoms with van der Waals surface area (Å²) in [5.74, 6) is 1.36. The molecule has 6 heteroatoms. The summed E-state index contributed by atoms with van der Waals surface area (Å²) >= 11 is 0. The highest BCUT2D eigenvalue weighted by atomic mass is 16.7. The quantitative estimate of drug-likeness (QED) is 0.849. The summed E-state index contributed by atoms with van der Waals surface area (Å²) in [6.45, 7) is 3.26. The molecule has 4 aliphatic heterocycles. The van der Waals surface area contributed by atoms with E-state index in [4.69, 9.17) is 9.83 Å². The lowest BCUT2D eigenvalue weighted by Crippen LogP contribution is -2.58. The van der Waals surface area contributed by atoms with Gasteiger partial charge in [-0.3, -0.25) is 4.90 Å². The molecule has 21 heavy (non-hydrogen) atoms. The molecule has 108 valence electrons.